The Hall–Kier alpha value is -4.72. The zero-order valence-corrected chi connectivity index (χ0v) is 20.9. The zero-order chi connectivity index (χ0) is 27.2. The van der Waals surface area contributed by atoms with Crippen LogP contribution in [0.3, 0.4) is 0 Å². The Labute approximate surface area is 221 Å². The van der Waals surface area contributed by atoms with Gasteiger partial charge in [0.05, 0.1) is 23.7 Å². The van der Waals surface area contributed by atoms with Gasteiger partial charge in [0, 0.05) is 18.2 Å². The molecule has 0 amide bonds. The van der Waals surface area contributed by atoms with Crippen LogP contribution in [0, 0.1) is 10.1 Å². The van der Waals surface area contributed by atoms with Crippen LogP contribution >= 0.6 is 0 Å². The van der Waals surface area contributed by atoms with Crippen LogP contribution in [0.15, 0.2) is 85.5 Å². The van der Waals surface area contributed by atoms with E-state index < -0.39 is 16.9 Å². The second-order valence-electron chi connectivity index (χ2n) is 8.30. The Morgan fingerprint density at radius 1 is 0.763 bits per heavy atom. The lowest BCUT2D eigenvalue weighted by molar-refractivity contribution is -0.384. The molecule has 0 aromatic heterocycles. The fraction of sp³-hybridized carbons (Fsp3) is 0.200. The van der Waals surface area contributed by atoms with Gasteiger partial charge in [-0.05, 0) is 85.3 Å². The molecule has 0 bridgehead atoms. The Morgan fingerprint density at radius 2 is 1.32 bits per heavy atom. The molecule has 0 N–H and O–H groups in total. The first kappa shape index (κ1) is 27.9. The molecular formula is C30H29NO7. The Morgan fingerprint density at radius 3 is 1.89 bits per heavy atom. The molecular weight excluding hydrogens is 486 g/mol. The number of hydrogen-bond donors (Lipinski definition) is 0. The quantitative estimate of drug-likeness (QED) is 0.0450. The number of carbonyl (C=O) groups excluding carboxylic acids is 2. The third kappa shape index (κ3) is 9.39. The molecule has 38 heavy (non-hydrogen) atoms. The Kier molecular flexibility index (Phi) is 10.8. The van der Waals surface area contributed by atoms with Gasteiger partial charge in [-0.25, -0.2) is 9.59 Å². The van der Waals surface area contributed by atoms with Crippen LogP contribution in [0.2, 0.25) is 0 Å². The van der Waals surface area contributed by atoms with Gasteiger partial charge in [-0.1, -0.05) is 30.9 Å². The summed E-state index contributed by atoms with van der Waals surface area (Å²) >= 11 is 0. The Bertz CT molecular complexity index is 1250. The first-order valence-electron chi connectivity index (χ1n) is 12.2. The van der Waals surface area contributed by atoms with Crippen LogP contribution in [0.25, 0.3) is 12.2 Å². The summed E-state index contributed by atoms with van der Waals surface area (Å²) in [6.07, 6.45) is 8.45. The maximum Gasteiger partial charge on any atom is 0.343 e. The average molecular weight is 516 g/mol. The molecule has 196 valence electrons. The molecule has 0 saturated heterocycles. The lowest BCUT2D eigenvalue weighted by atomic mass is 10.1. The highest BCUT2D eigenvalue weighted by atomic mass is 16.6. The van der Waals surface area contributed by atoms with Gasteiger partial charge in [0.1, 0.15) is 11.5 Å². The van der Waals surface area contributed by atoms with Crippen molar-refractivity contribution in [2.75, 3.05) is 13.2 Å². The van der Waals surface area contributed by atoms with Crippen molar-refractivity contribution in [3.05, 3.63) is 112 Å². The monoisotopic (exact) mass is 515 g/mol. The maximum absolute atomic E-state index is 12.5. The van der Waals surface area contributed by atoms with E-state index in [1.165, 1.54) is 12.1 Å². The highest BCUT2D eigenvalue weighted by Gasteiger charge is 2.09. The van der Waals surface area contributed by atoms with Gasteiger partial charge in [-0.2, -0.15) is 0 Å². The summed E-state index contributed by atoms with van der Waals surface area (Å²) in [5, 5.41) is 10.7. The number of nitro benzene ring substituents is 1. The Balaban J connectivity index is 1.39. The highest BCUT2D eigenvalue weighted by Crippen LogP contribution is 2.19. The molecule has 0 fully saturated rings. The number of esters is 2. The average Bonchev–Trinajstić information content (AvgIpc) is 2.94. The molecule has 0 aliphatic heterocycles. The predicted octanol–water partition coefficient (Wildman–Crippen LogP) is 6.65. The van der Waals surface area contributed by atoms with Crippen LogP contribution in [-0.2, 0) is 9.53 Å². The number of carbonyl (C=O) groups is 2. The summed E-state index contributed by atoms with van der Waals surface area (Å²) in [4.78, 5) is 33.7. The zero-order valence-electron chi connectivity index (χ0n) is 20.9. The third-order valence-electron chi connectivity index (χ3n) is 5.47. The van der Waals surface area contributed by atoms with Crippen molar-refractivity contribution in [2.24, 2.45) is 0 Å². The van der Waals surface area contributed by atoms with Crippen LogP contribution in [-0.4, -0.2) is 30.1 Å². The van der Waals surface area contributed by atoms with Crippen molar-refractivity contribution in [1.29, 1.82) is 0 Å². The van der Waals surface area contributed by atoms with Crippen molar-refractivity contribution in [3.8, 4) is 11.5 Å². The van der Waals surface area contributed by atoms with E-state index in [-0.39, 0.29) is 5.69 Å². The fourth-order valence-electron chi connectivity index (χ4n) is 3.38. The smallest absolute Gasteiger partial charge is 0.343 e. The molecule has 3 aromatic carbocycles. The minimum Gasteiger partial charge on any atom is -0.494 e. The van der Waals surface area contributed by atoms with Crippen LogP contribution in [0.1, 0.15) is 47.2 Å². The molecule has 0 radical (unpaired) electrons. The molecule has 8 heteroatoms. The lowest BCUT2D eigenvalue weighted by Crippen LogP contribution is -2.08. The normalized spacial score (nSPS) is 10.6. The molecule has 0 heterocycles. The van der Waals surface area contributed by atoms with Gasteiger partial charge in [-0.3, -0.25) is 10.1 Å². The summed E-state index contributed by atoms with van der Waals surface area (Å²) in [5.41, 5.74) is 2.18. The van der Waals surface area contributed by atoms with Crippen molar-refractivity contribution < 1.29 is 28.7 Å². The topological polar surface area (TPSA) is 105 Å². The van der Waals surface area contributed by atoms with Crippen LogP contribution in [0.4, 0.5) is 5.69 Å². The number of unbranched alkanes of at least 4 members (excludes halogenated alkanes) is 3. The van der Waals surface area contributed by atoms with Gasteiger partial charge in [0.25, 0.3) is 5.69 Å². The molecule has 0 aliphatic rings. The number of ether oxygens (including phenoxy) is 3. The summed E-state index contributed by atoms with van der Waals surface area (Å²) in [6, 6.07) is 20.1. The maximum atomic E-state index is 12.5. The van der Waals surface area contributed by atoms with E-state index in [1.54, 1.807) is 48.5 Å². The summed E-state index contributed by atoms with van der Waals surface area (Å²) in [5.74, 6) is 0.223. The van der Waals surface area contributed by atoms with E-state index in [0.717, 1.165) is 42.9 Å². The van der Waals surface area contributed by atoms with Crippen molar-refractivity contribution in [2.45, 2.75) is 25.7 Å². The first-order valence-corrected chi connectivity index (χ1v) is 12.2. The molecule has 0 saturated carbocycles. The predicted molar refractivity (Wildman–Crippen MR) is 145 cm³/mol. The van der Waals surface area contributed by atoms with E-state index in [4.69, 9.17) is 14.2 Å². The molecule has 0 unspecified atom stereocenters. The van der Waals surface area contributed by atoms with Gasteiger partial charge in [0.2, 0.25) is 0 Å². The van der Waals surface area contributed by atoms with Crippen molar-refractivity contribution in [1.82, 2.24) is 0 Å². The van der Waals surface area contributed by atoms with Gasteiger partial charge >= 0.3 is 11.9 Å². The van der Waals surface area contributed by atoms with Gasteiger partial charge in [0.15, 0.2) is 0 Å². The van der Waals surface area contributed by atoms with Crippen molar-refractivity contribution >= 4 is 29.8 Å². The first-order chi connectivity index (χ1) is 18.4. The standard InChI is InChI=1S/C30H29NO7/c1-2-29(32)37-22-6-4-3-5-21-36-27-19-13-25(14-20-27)30(33)38-28-17-11-24(12-18-28)8-7-23-9-15-26(16-10-23)31(34)35/h2,7-20H,1,3-6,21-22H2/b8-7+. The van der Waals surface area contributed by atoms with E-state index in [9.17, 15) is 19.7 Å². The summed E-state index contributed by atoms with van der Waals surface area (Å²) in [6.45, 7) is 4.31. The van der Waals surface area contributed by atoms with E-state index >= 15 is 0 Å². The van der Waals surface area contributed by atoms with E-state index in [2.05, 4.69) is 6.58 Å². The fourth-order valence-corrected chi connectivity index (χ4v) is 3.38. The number of nitrogens with zero attached hydrogens (tertiary/aromatic N) is 1. The second-order valence-corrected chi connectivity index (χ2v) is 8.30. The largest absolute Gasteiger partial charge is 0.494 e. The number of nitro groups is 1. The molecule has 3 aromatic rings. The van der Waals surface area contributed by atoms with Gasteiger partial charge < -0.3 is 14.2 Å². The number of benzene rings is 3. The number of rotatable bonds is 14. The lowest BCUT2D eigenvalue weighted by Gasteiger charge is -2.08. The minimum absolute atomic E-state index is 0.0458. The van der Waals surface area contributed by atoms with Crippen LogP contribution < -0.4 is 9.47 Å². The summed E-state index contributed by atoms with van der Waals surface area (Å²) < 4.78 is 16.1. The number of non-ortho nitro benzene ring substituents is 1. The second kappa shape index (κ2) is 14.7. The minimum atomic E-state index is -0.470. The molecule has 0 atom stereocenters. The highest BCUT2D eigenvalue weighted by molar-refractivity contribution is 5.91. The molecule has 3 rings (SSSR count). The van der Waals surface area contributed by atoms with E-state index in [0.29, 0.717) is 30.3 Å². The number of hydrogen-bond acceptors (Lipinski definition) is 7. The summed E-state index contributed by atoms with van der Waals surface area (Å²) in [7, 11) is 0. The molecule has 0 spiro atoms. The molecule has 0 aliphatic carbocycles. The van der Waals surface area contributed by atoms with E-state index in [1.807, 2.05) is 24.3 Å². The third-order valence-corrected chi connectivity index (χ3v) is 5.47. The van der Waals surface area contributed by atoms with Crippen molar-refractivity contribution in [3.63, 3.8) is 0 Å². The van der Waals surface area contributed by atoms with Gasteiger partial charge in [-0.15, -0.1) is 0 Å². The molecule has 8 nitrogen and oxygen atoms in total. The van der Waals surface area contributed by atoms with Crippen LogP contribution in [0.5, 0.6) is 11.5 Å². The SMILES string of the molecule is C=CC(=O)OCCCCCCOc1ccc(C(=O)Oc2ccc(/C=C/c3ccc([N+](=O)[O-])cc3)cc2)cc1.